The zero-order chi connectivity index (χ0) is 14.2. The maximum absolute atomic E-state index is 12.7. The first-order valence-corrected chi connectivity index (χ1v) is 6.48. The minimum Gasteiger partial charge on any atom is -0.371 e. The summed E-state index contributed by atoms with van der Waals surface area (Å²) in [5.74, 6) is 1.10. The second kappa shape index (κ2) is 5.04. The van der Waals surface area contributed by atoms with Crippen LogP contribution in [-0.2, 0) is 12.7 Å². The molecule has 5 heteroatoms. The van der Waals surface area contributed by atoms with Gasteiger partial charge in [0.25, 0.3) is 0 Å². The summed E-state index contributed by atoms with van der Waals surface area (Å²) in [6, 6.07) is 3.86. The number of nitrogens with two attached hydrogens (primary N) is 1. The fourth-order valence-electron chi connectivity index (χ4n) is 2.56. The molecule has 2 N–H and O–H groups in total. The van der Waals surface area contributed by atoms with E-state index in [0.717, 1.165) is 24.8 Å². The largest absolute Gasteiger partial charge is 0.416 e. The molecule has 2 atom stereocenters. The van der Waals surface area contributed by atoms with Crippen molar-refractivity contribution >= 4 is 5.69 Å². The van der Waals surface area contributed by atoms with Crippen molar-refractivity contribution in [3.8, 4) is 0 Å². The summed E-state index contributed by atoms with van der Waals surface area (Å²) in [4.78, 5) is 2.14. The van der Waals surface area contributed by atoms with Crippen LogP contribution in [0.25, 0.3) is 0 Å². The minimum absolute atomic E-state index is 0.124. The average Bonchev–Trinajstić information content (AvgIpc) is 2.67. The van der Waals surface area contributed by atoms with Crippen molar-refractivity contribution in [2.45, 2.75) is 26.6 Å². The van der Waals surface area contributed by atoms with Gasteiger partial charge in [-0.3, -0.25) is 0 Å². The van der Waals surface area contributed by atoms with Crippen molar-refractivity contribution in [1.82, 2.24) is 0 Å². The van der Waals surface area contributed by atoms with Gasteiger partial charge in [-0.05, 0) is 35.6 Å². The second-order valence-corrected chi connectivity index (χ2v) is 5.40. The maximum Gasteiger partial charge on any atom is 0.416 e. The van der Waals surface area contributed by atoms with Gasteiger partial charge in [0.05, 0.1) is 5.56 Å². The standard InChI is InChI=1S/C14H19F3N2/c1-9-7-19(8-10(9)2)13-4-3-12(14(15,16)17)5-11(13)6-18/h3-5,9-10H,6-8,18H2,1-2H3. The first-order chi connectivity index (χ1) is 8.82. The van der Waals surface area contributed by atoms with E-state index in [1.54, 1.807) is 6.07 Å². The Kier molecular flexibility index (Phi) is 3.76. The number of anilines is 1. The van der Waals surface area contributed by atoms with Crippen LogP contribution in [-0.4, -0.2) is 13.1 Å². The number of rotatable bonds is 2. The highest BCUT2D eigenvalue weighted by Gasteiger charge is 2.32. The number of nitrogens with zero attached hydrogens (tertiary/aromatic N) is 1. The highest BCUT2D eigenvalue weighted by molar-refractivity contribution is 5.56. The Bertz CT molecular complexity index is 446. The van der Waals surface area contributed by atoms with Crippen LogP contribution in [0.2, 0.25) is 0 Å². The molecule has 106 valence electrons. The third-order valence-electron chi connectivity index (χ3n) is 3.96. The molecule has 0 spiro atoms. The summed E-state index contributed by atoms with van der Waals surface area (Å²) in [6.45, 7) is 6.20. The van der Waals surface area contributed by atoms with Crippen LogP contribution in [0.5, 0.6) is 0 Å². The first kappa shape index (κ1) is 14.2. The van der Waals surface area contributed by atoms with Gasteiger partial charge >= 0.3 is 6.18 Å². The Morgan fingerprint density at radius 1 is 1.21 bits per heavy atom. The number of halogens is 3. The van der Waals surface area contributed by atoms with Crippen molar-refractivity contribution in [1.29, 1.82) is 0 Å². The number of benzene rings is 1. The zero-order valence-corrected chi connectivity index (χ0v) is 11.2. The van der Waals surface area contributed by atoms with E-state index in [2.05, 4.69) is 18.7 Å². The quantitative estimate of drug-likeness (QED) is 0.895. The summed E-state index contributed by atoms with van der Waals surface area (Å²) in [7, 11) is 0. The monoisotopic (exact) mass is 272 g/mol. The summed E-state index contributed by atoms with van der Waals surface area (Å²) in [5.41, 5.74) is 6.38. The van der Waals surface area contributed by atoms with Gasteiger partial charge in [-0.25, -0.2) is 0 Å². The molecule has 19 heavy (non-hydrogen) atoms. The number of hydrogen-bond donors (Lipinski definition) is 1. The molecular weight excluding hydrogens is 253 g/mol. The van der Waals surface area contributed by atoms with Crippen LogP contribution in [0.3, 0.4) is 0 Å². The second-order valence-electron chi connectivity index (χ2n) is 5.40. The van der Waals surface area contributed by atoms with E-state index in [1.807, 2.05) is 0 Å². The van der Waals surface area contributed by atoms with Gasteiger partial charge < -0.3 is 10.6 Å². The van der Waals surface area contributed by atoms with Gasteiger partial charge in [0.2, 0.25) is 0 Å². The molecule has 1 fully saturated rings. The van der Waals surface area contributed by atoms with E-state index in [-0.39, 0.29) is 6.54 Å². The normalized spacial score (nSPS) is 24.0. The molecule has 2 unspecified atom stereocenters. The van der Waals surface area contributed by atoms with Gasteiger partial charge in [0, 0.05) is 25.3 Å². The Morgan fingerprint density at radius 3 is 2.26 bits per heavy atom. The molecule has 0 radical (unpaired) electrons. The fraction of sp³-hybridized carbons (Fsp3) is 0.571. The van der Waals surface area contributed by atoms with Gasteiger partial charge in [-0.15, -0.1) is 0 Å². The minimum atomic E-state index is -4.31. The molecule has 1 aliphatic heterocycles. The Balaban J connectivity index is 2.32. The van der Waals surface area contributed by atoms with Gasteiger partial charge in [0.1, 0.15) is 0 Å². The summed E-state index contributed by atoms with van der Waals surface area (Å²) in [6.07, 6.45) is -4.31. The van der Waals surface area contributed by atoms with E-state index in [0.29, 0.717) is 17.4 Å². The molecule has 1 saturated heterocycles. The molecule has 1 heterocycles. The maximum atomic E-state index is 12.7. The van der Waals surface area contributed by atoms with Crippen LogP contribution >= 0.6 is 0 Å². The molecular formula is C14H19F3N2. The fourth-order valence-corrected chi connectivity index (χ4v) is 2.56. The zero-order valence-electron chi connectivity index (χ0n) is 11.2. The molecule has 1 aliphatic rings. The van der Waals surface area contributed by atoms with Crippen LogP contribution in [0, 0.1) is 11.8 Å². The van der Waals surface area contributed by atoms with E-state index >= 15 is 0 Å². The Hall–Kier alpha value is -1.23. The molecule has 1 aromatic rings. The topological polar surface area (TPSA) is 29.3 Å². The molecule has 0 saturated carbocycles. The Labute approximate surface area is 111 Å². The van der Waals surface area contributed by atoms with Crippen molar-refractivity contribution in [2.24, 2.45) is 17.6 Å². The average molecular weight is 272 g/mol. The van der Waals surface area contributed by atoms with Crippen molar-refractivity contribution in [3.63, 3.8) is 0 Å². The Morgan fingerprint density at radius 2 is 1.79 bits per heavy atom. The van der Waals surface area contributed by atoms with E-state index in [1.165, 1.54) is 6.07 Å². The van der Waals surface area contributed by atoms with Gasteiger partial charge in [-0.1, -0.05) is 13.8 Å². The number of hydrogen-bond acceptors (Lipinski definition) is 2. The van der Waals surface area contributed by atoms with Crippen LogP contribution in [0.1, 0.15) is 25.0 Å². The van der Waals surface area contributed by atoms with Gasteiger partial charge in [0.15, 0.2) is 0 Å². The first-order valence-electron chi connectivity index (χ1n) is 6.48. The SMILES string of the molecule is CC1CN(c2ccc(C(F)(F)F)cc2CN)CC1C. The van der Waals surface area contributed by atoms with E-state index < -0.39 is 11.7 Å². The van der Waals surface area contributed by atoms with Crippen molar-refractivity contribution in [3.05, 3.63) is 29.3 Å². The van der Waals surface area contributed by atoms with Crippen molar-refractivity contribution < 1.29 is 13.2 Å². The van der Waals surface area contributed by atoms with Gasteiger partial charge in [-0.2, -0.15) is 13.2 Å². The van der Waals surface area contributed by atoms with Crippen LogP contribution < -0.4 is 10.6 Å². The predicted octanol–water partition coefficient (Wildman–Crippen LogP) is 3.26. The summed E-state index contributed by atoms with van der Waals surface area (Å²) < 4.78 is 38.0. The van der Waals surface area contributed by atoms with Crippen LogP contribution in [0.15, 0.2) is 18.2 Å². The highest BCUT2D eigenvalue weighted by Crippen LogP contribution is 2.35. The van der Waals surface area contributed by atoms with Crippen molar-refractivity contribution in [2.75, 3.05) is 18.0 Å². The third kappa shape index (κ3) is 2.86. The van der Waals surface area contributed by atoms with E-state index in [4.69, 9.17) is 5.73 Å². The molecule has 2 nitrogen and oxygen atoms in total. The van der Waals surface area contributed by atoms with E-state index in [9.17, 15) is 13.2 Å². The molecule has 0 aromatic heterocycles. The smallest absolute Gasteiger partial charge is 0.371 e. The molecule has 0 bridgehead atoms. The molecule has 2 rings (SSSR count). The summed E-state index contributed by atoms with van der Waals surface area (Å²) >= 11 is 0. The molecule has 0 amide bonds. The lowest BCUT2D eigenvalue weighted by Gasteiger charge is -2.22. The highest BCUT2D eigenvalue weighted by atomic mass is 19.4. The summed E-state index contributed by atoms with van der Waals surface area (Å²) in [5, 5.41) is 0. The lowest BCUT2D eigenvalue weighted by molar-refractivity contribution is -0.137. The molecule has 1 aromatic carbocycles. The lowest BCUT2D eigenvalue weighted by Crippen LogP contribution is -2.22. The molecule has 0 aliphatic carbocycles. The third-order valence-corrected chi connectivity index (χ3v) is 3.96. The number of alkyl halides is 3. The predicted molar refractivity (Wildman–Crippen MR) is 69.9 cm³/mol. The lowest BCUT2D eigenvalue weighted by atomic mass is 10.0. The van der Waals surface area contributed by atoms with Crippen LogP contribution in [0.4, 0.5) is 18.9 Å².